The molecule has 1 saturated carbocycles. The Labute approximate surface area is 77.1 Å². The molecule has 0 radical (unpaired) electrons. The maximum atomic E-state index is 9.05. The lowest BCUT2D eigenvalue weighted by Gasteiger charge is -2.10. The first-order chi connectivity index (χ1) is 3.80. The van der Waals surface area contributed by atoms with Gasteiger partial charge in [-0.15, -0.1) is 0 Å². The zero-order chi connectivity index (χ0) is 5.98. The van der Waals surface area contributed by atoms with Crippen LogP contribution in [0, 0.1) is 5.92 Å². The molecule has 0 aromatic carbocycles. The molecule has 1 aliphatic carbocycles. The van der Waals surface area contributed by atoms with Crippen LogP contribution in [0.2, 0.25) is 0 Å². The molecule has 1 rings (SSSR count). The first-order valence-electron chi connectivity index (χ1n) is 3.49. The summed E-state index contributed by atoms with van der Waals surface area (Å²) in [5.74, 6) is 0.620. The van der Waals surface area contributed by atoms with Crippen LogP contribution in [0.15, 0.2) is 0 Å². The molecule has 0 aliphatic heterocycles. The van der Waals surface area contributed by atoms with Gasteiger partial charge in [-0.05, 0) is 25.7 Å². The molecule has 10 heavy (non-hydrogen) atoms. The highest BCUT2D eigenvalue weighted by atomic mass is 32.1. The third kappa shape index (κ3) is 3.74. The summed E-state index contributed by atoms with van der Waals surface area (Å²) < 4.78 is 0. The van der Waals surface area contributed by atoms with E-state index >= 15 is 0 Å². The Hall–Kier alpha value is 0.660. The molecule has 0 spiro atoms. The number of aliphatic hydroxyl groups is 1. The topological polar surface area (TPSA) is 20.2 Å². The SMILES string of the molecule is C[C@H](O)C1CCCC1.S.S. The fraction of sp³-hybridized carbons (Fsp3) is 1.00. The second-order valence-corrected chi connectivity index (χ2v) is 2.79. The lowest BCUT2D eigenvalue weighted by Crippen LogP contribution is -2.11. The van der Waals surface area contributed by atoms with Crippen LogP contribution in [0.3, 0.4) is 0 Å². The Morgan fingerprint density at radius 2 is 1.60 bits per heavy atom. The quantitative estimate of drug-likeness (QED) is 0.655. The fourth-order valence-corrected chi connectivity index (χ4v) is 1.44. The molecule has 1 nitrogen and oxygen atoms in total. The Bertz CT molecular complexity index is 70.0. The summed E-state index contributed by atoms with van der Waals surface area (Å²) >= 11 is 0. The molecule has 1 N–H and O–H groups in total. The van der Waals surface area contributed by atoms with Crippen LogP contribution in [-0.4, -0.2) is 11.2 Å². The zero-order valence-corrected chi connectivity index (χ0v) is 8.43. The molecule has 0 heterocycles. The van der Waals surface area contributed by atoms with E-state index < -0.39 is 0 Å². The minimum Gasteiger partial charge on any atom is -0.393 e. The van der Waals surface area contributed by atoms with Crippen molar-refractivity contribution in [3.63, 3.8) is 0 Å². The van der Waals surface area contributed by atoms with Crippen LogP contribution in [0.4, 0.5) is 0 Å². The van der Waals surface area contributed by atoms with E-state index in [1.54, 1.807) is 0 Å². The van der Waals surface area contributed by atoms with Crippen LogP contribution < -0.4 is 0 Å². The fourth-order valence-electron chi connectivity index (χ4n) is 1.44. The number of hydrogen-bond acceptors (Lipinski definition) is 1. The third-order valence-electron chi connectivity index (χ3n) is 2.08. The van der Waals surface area contributed by atoms with E-state index in [9.17, 15) is 0 Å². The van der Waals surface area contributed by atoms with Crippen molar-refractivity contribution in [1.29, 1.82) is 0 Å². The van der Waals surface area contributed by atoms with Crippen molar-refractivity contribution in [1.82, 2.24) is 0 Å². The van der Waals surface area contributed by atoms with Gasteiger partial charge in [-0.1, -0.05) is 12.8 Å². The van der Waals surface area contributed by atoms with E-state index in [1.165, 1.54) is 25.7 Å². The van der Waals surface area contributed by atoms with Crippen LogP contribution in [-0.2, 0) is 0 Å². The molecular weight excluding hydrogens is 164 g/mol. The molecule has 0 bridgehead atoms. The van der Waals surface area contributed by atoms with Gasteiger partial charge in [0.25, 0.3) is 0 Å². The van der Waals surface area contributed by atoms with Gasteiger partial charge < -0.3 is 5.11 Å². The van der Waals surface area contributed by atoms with Crippen LogP contribution in [0.25, 0.3) is 0 Å². The monoisotopic (exact) mass is 182 g/mol. The van der Waals surface area contributed by atoms with E-state index in [1.807, 2.05) is 6.92 Å². The molecule has 1 aliphatic rings. The normalized spacial score (nSPS) is 21.0. The summed E-state index contributed by atoms with van der Waals surface area (Å²) in [6.45, 7) is 1.90. The molecule has 0 aromatic heterocycles. The van der Waals surface area contributed by atoms with Crippen molar-refractivity contribution in [2.45, 2.75) is 38.7 Å². The van der Waals surface area contributed by atoms with Gasteiger partial charge in [0.15, 0.2) is 0 Å². The molecule has 64 valence electrons. The lowest BCUT2D eigenvalue weighted by atomic mass is 10.0. The maximum Gasteiger partial charge on any atom is 0.0540 e. The van der Waals surface area contributed by atoms with E-state index in [0.29, 0.717) is 5.92 Å². The Morgan fingerprint density at radius 1 is 1.20 bits per heavy atom. The van der Waals surface area contributed by atoms with Crippen molar-refractivity contribution in [2.24, 2.45) is 5.92 Å². The minimum absolute atomic E-state index is 0. The summed E-state index contributed by atoms with van der Waals surface area (Å²) in [6, 6.07) is 0. The van der Waals surface area contributed by atoms with Gasteiger partial charge in [0.2, 0.25) is 0 Å². The standard InChI is InChI=1S/C7H14O.2H2S/c1-6(8)7-4-2-3-5-7;;/h6-8H,2-5H2,1H3;2*1H2/t6-;;/m0../s1. The van der Waals surface area contributed by atoms with Crippen LogP contribution >= 0.6 is 27.0 Å². The van der Waals surface area contributed by atoms with E-state index in [-0.39, 0.29) is 33.1 Å². The Morgan fingerprint density at radius 3 is 1.80 bits per heavy atom. The van der Waals surface area contributed by atoms with Gasteiger partial charge in [-0.2, -0.15) is 27.0 Å². The number of aliphatic hydroxyl groups excluding tert-OH is 1. The predicted octanol–water partition coefficient (Wildman–Crippen LogP) is 1.78. The molecule has 0 unspecified atom stereocenters. The van der Waals surface area contributed by atoms with E-state index in [4.69, 9.17) is 5.11 Å². The largest absolute Gasteiger partial charge is 0.393 e. The first-order valence-corrected chi connectivity index (χ1v) is 3.49. The van der Waals surface area contributed by atoms with Gasteiger partial charge in [0.1, 0.15) is 0 Å². The third-order valence-corrected chi connectivity index (χ3v) is 2.08. The molecule has 0 saturated heterocycles. The smallest absolute Gasteiger partial charge is 0.0540 e. The maximum absolute atomic E-state index is 9.05. The predicted molar refractivity (Wildman–Crippen MR) is 54.4 cm³/mol. The van der Waals surface area contributed by atoms with Crippen LogP contribution in [0.5, 0.6) is 0 Å². The van der Waals surface area contributed by atoms with Gasteiger partial charge in [0, 0.05) is 0 Å². The van der Waals surface area contributed by atoms with E-state index in [2.05, 4.69) is 0 Å². The van der Waals surface area contributed by atoms with Crippen molar-refractivity contribution in [3.05, 3.63) is 0 Å². The van der Waals surface area contributed by atoms with Gasteiger partial charge in [0.05, 0.1) is 6.10 Å². The number of hydrogen-bond donors (Lipinski definition) is 1. The first kappa shape index (κ1) is 13.3. The van der Waals surface area contributed by atoms with Gasteiger partial charge in [-0.3, -0.25) is 0 Å². The van der Waals surface area contributed by atoms with Crippen molar-refractivity contribution >= 4 is 27.0 Å². The van der Waals surface area contributed by atoms with Gasteiger partial charge in [-0.25, -0.2) is 0 Å². The highest BCUT2D eigenvalue weighted by Gasteiger charge is 2.18. The Kier molecular flexibility index (Phi) is 8.46. The van der Waals surface area contributed by atoms with E-state index in [0.717, 1.165) is 0 Å². The highest BCUT2D eigenvalue weighted by molar-refractivity contribution is 7.59. The van der Waals surface area contributed by atoms with Crippen molar-refractivity contribution in [2.75, 3.05) is 0 Å². The summed E-state index contributed by atoms with van der Waals surface area (Å²) in [5, 5.41) is 9.05. The van der Waals surface area contributed by atoms with Crippen molar-refractivity contribution < 1.29 is 5.11 Å². The molecule has 1 atom stereocenters. The summed E-state index contributed by atoms with van der Waals surface area (Å²) in [5.41, 5.74) is 0. The second kappa shape index (κ2) is 6.38. The lowest BCUT2D eigenvalue weighted by molar-refractivity contribution is 0.129. The molecule has 0 amide bonds. The average Bonchev–Trinajstić information content (AvgIpc) is 2.12. The second-order valence-electron chi connectivity index (χ2n) is 2.79. The zero-order valence-electron chi connectivity index (χ0n) is 6.43. The molecule has 3 heteroatoms. The molecule has 1 fully saturated rings. The van der Waals surface area contributed by atoms with Gasteiger partial charge >= 0.3 is 0 Å². The average molecular weight is 182 g/mol. The summed E-state index contributed by atoms with van der Waals surface area (Å²) in [4.78, 5) is 0. The summed E-state index contributed by atoms with van der Waals surface area (Å²) in [7, 11) is 0. The minimum atomic E-state index is -0.0579. The molecule has 0 aromatic rings. The van der Waals surface area contributed by atoms with Crippen LogP contribution in [0.1, 0.15) is 32.6 Å². The number of rotatable bonds is 1. The Balaban J connectivity index is 0. The summed E-state index contributed by atoms with van der Waals surface area (Å²) in [6.07, 6.45) is 5.10. The van der Waals surface area contributed by atoms with Crippen molar-refractivity contribution in [3.8, 4) is 0 Å². The highest BCUT2D eigenvalue weighted by Crippen LogP contribution is 2.26. The molecular formula is C7H18OS2.